The molecule has 0 aliphatic carbocycles. The second-order valence-electron chi connectivity index (χ2n) is 7.92. The largest absolute Gasteiger partial charge is 0.450 e. The predicted octanol–water partition coefficient (Wildman–Crippen LogP) is 4.82. The number of anilines is 1. The number of nitrogens with zero attached hydrogens (tertiary/aromatic N) is 2. The van der Waals surface area contributed by atoms with Crippen molar-refractivity contribution < 1.29 is 14.3 Å². The monoisotopic (exact) mass is 439 g/mol. The van der Waals surface area contributed by atoms with Crippen LogP contribution >= 0.6 is 11.6 Å². The van der Waals surface area contributed by atoms with Gasteiger partial charge in [-0.3, -0.25) is 9.69 Å². The Morgan fingerprint density at radius 3 is 2.77 bits per heavy atom. The van der Waals surface area contributed by atoms with Crippen LogP contribution in [0.1, 0.15) is 40.9 Å². The molecular formula is C24H26ClN3O3. The third-order valence-corrected chi connectivity index (χ3v) is 6.00. The molecule has 2 aliphatic heterocycles. The number of halogens is 1. The van der Waals surface area contributed by atoms with Crippen LogP contribution in [0.5, 0.6) is 0 Å². The van der Waals surface area contributed by atoms with Crippen molar-refractivity contribution in [3.05, 3.63) is 69.8 Å². The fraction of sp³-hybridized carbons (Fsp3) is 0.333. The van der Waals surface area contributed by atoms with Crippen LogP contribution in [0.15, 0.2) is 48.0 Å². The molecule has 7 heteroatoms. The quantitative estimate of drug-likeness (QED) is 0.744. The third-order valence-electron chi connectivity index (χ3n) is 5.77. The molecular weight excluding hydrogens is 414 g/mol. The number of carbonyl (C=O) groups excluding carboxylic acids is 2. The lowest BCUT2D eigenvalue weighted by Gasteiger charge is -2.41. The van der Waals surface area contributed by atoms with E-state index in [2.05, 4.69) is 5.32 Å². The first kappa shape index (κ1) is 21.2. The van der Waals surface area contributed by atoms with Gasteiger partial charge in [0.05, 0.1) is 12.6 Å². The third kappa shape index (κ3) is 4.00. The molecule has 2 aromatic rings. The summed E-state index contributed by atoms with van der Waals surface area (Å²) in [6.45, 7) is 3.25. The fourth-order valence-electron chi connectivity index (χ4n) is 4.38. The number of ether oxygens (including phenoxy) is 1. The summed E-state index contributed by atoms with van der Waals surface area (Å²) in [6, 6.07) is 13.0. The van der Waals surface area contributed by atoms with Crippen LogP contribution in [0.2, 0.25) is 5.02 Å². The lowest BCUT2D eigenvalue weighted by atomic mass is 9.82. The van der Waals surface area contributed by atoms with Gasteiger partial charge >= 0.3 is 6.09 Å². The van der Waals surface area contributed by atoms with E-state index in [9.17, 15) is 9.59 Å². The number of benzene rings is 2. The maximum absolute atomic E-state index is 12.8. The molecule has 4 rings (SSSR count). The molecule has 2 amide bonds. The van der Waals surface area contributed by atoms with Crippen LogP contribution < -0.4 is 5.32 Å². The van der Waals surface area contributed by atoms with Crippen LogP contribution in [-0.4, -0.2) is 55.6 Å². The van der Waals surface area contributed by atoms with Crippen molar-refractivity contribution >= 4 is 34.9 Å². The van der Waals surface area contributed by atoms with Crippen molar-refractivity contribution in [2.24, 2.45) is 0 Å². The van der Waals surface area contributed by atoms with Gasteiger partial charge in [0.1, 0.15) is 0 Å². The summed E-state index contributed by atoms with van der Waals surface area (Å²) >= 11 is 6.29. The topological polar surface area (TPSA) is 61.9 Å². The van der Waals surface area contributed by atoms with Gasteiger partial charge in [0.25, 0.3) is 5.91 Å². The minimum Gasteiger partial charge on any atom is -0.450 e. The van der Waals surface area contributed by atoms with E-state index in [0.29, 0.717) is 30.3 Å². The van der Waals surface area contributed by atoms with Gasteiger partial charge in [0, 0.05) is 49.0 Å². The van der Waals surface area contributed by atoms with E-state index in [1.807, 2.05) is 36.4 Å². The molecule has 1 atom stereocenters. The van der Waals surface area contributed by atoms with Crippen LogP contribution in [0.4, 0.5) is 10.5 Å². The van der Waals surface area contributed by atoms with Crippen molar-refractivity contribution in [1.82, 2.24) is 9.80 Å². The van der Waals surface area contributed by atoms with Crippen molar-refractivity contribution in [2.75, 3.05) is 39.1 Å². The second kappa shape index (κ2) is 8.63. The number of fused-ring (bicyclic) bond motifs is 2. The average molecular weight is 440 g/mol. The maximum Gasteiger partial charge on any atom is 0.410 e. The van der Waals surface area contributed by atoms with Gasteiger partial charge in [-0.25, -0.2) is 4.79 Å². The Balaban J connectivity index is 1.84. The zero-order chi connectivity index (χ0) is 22.1. The summed E-state index contributed by atoms with van der Waals surface area (Å²) in [4.78, 5) is 28.7. The van der Waals surface area contributed by atoms with Gasteiger partial charge in [-0.2, -0.15) is 0 Å². The first-order valence-corrected chi connectivity index (χ1v) is 10.8. The molecule has 0 saturated heterocycles. The van der Waals surface area contributed by atoms with Crippen LogP contribution in [0.3, 0.4) is 0 Å². The molecule has 0 bridgehead atoms. The molecule has 2 aromatic carbocycles. The van der Waals surface area contributed by atoms with Crippen molar-refractivity contribution in [3.63, 3.8) is 0 Å². The van der Waals surface area contributed by atoms with Crippen LogP contribution in [0.25, 0.3) is 5.57 Å². The molecule has 162 valence electrons. The number of amides is 2. The zero-order valence-electron chi connectivity index (χ0n) is 17.9. The SMILES string of the molecule is CCOC(=O)N1CCC2=C(CNc3ccc(Cl)cc32)C1c1cccc(C(=O)N(C)C)c1. The number of nitrogens with one attached hydrogen (secondary N) is 1. The van der Waals surface area contributed by atoms with E-state index in [-0.39, 0.29) is 18.0 Å². The molecule has 0 spiro atoms. The molecule has 0 radical (unpaired) electrons. The second-order valence-corrected chi connectivity index (χ2v) is 8.35. The molecule has 6 nitrogen and oxygen atoms in total. The lowest BCUT2D eigenvalue weighted by Crippen LogP contribution is -2.42. The number of carbonyl (C=O) groups is 2. The summed E-state index contributed by atoms with van der Waals surface area (Å²) in [6.07, 6.45) is 0.371. The van der Waals surface area contributed by atoms with E-state index >= 15 is 0 Å². The van der Waals surface area contributed by atoms with E-state index in [0.717, 1.165) is 28.8 Å². The van der Waals surface area contributed by atoms with Crippen molar-refractivity contribution in [2.45, 2.75) is 19.4 Å². The average Bonchev–Trinajstić information content (AvgIpc) is 2.77. The lowest BCUT2D eigenvalue weighted by molar-refractivity contribution is 0.0827. The van der Waals surface area contributed by atoms with Gasteiger partial charge < -0.3 is 15.0 Å². The van der Waals surface area contributed by atoms with E-state index in [1.54, 1.807) is 36.9 Å². The van der Waals surface area contributed by atoms with Gasteiger partial charge in [-0.15, -0.1) is 0 Å². The Kier molecular flexibility index (Phi) is 5.92. The highest BCUT2D eigenvalue weighted by Gasteiger charge is 2.37. The maximum atomic E-state index is 12.8. The Morgan fingerprint density at radius 1 is 1.23 bits per heavy atom. The minimum atomic E-state index is -0.347. The van der Waals surface area contributed by atoms with Gasteiger partial charge in [0.2, 0.25) is 0 Å². The van der Waals surface area contributed by atoms with Crippen LogP contribution in [-0.2, 0) is 4.74 Å². The van der Waals surface area contributed by atoms with E-state index < -0.39 is 0 Å². The molecule has 31 heavy (non-hydrogen) atoms. The number of hydrogen-bond donors (Lipinski definition) is 1. The van der Waals surface area contributed by atoms with Crippen molar-refractivity contribution in [3.8, 4) is 0 Å². The number of rotatable bonds is 3. The summed E-state index contributed by atoms with van der Waals surface area (Å²) < 4.78 is 5.37. The van der Waals surface area contributed by atoms with E-state index in [1.165, 1.54) is 5.57 Å². The van der Waals surface area contributed by atoms with Crippen molar-refractivity contribution in [1.29, 1.82) is 0 Å². The predicted molar refractivity (Wildman–Crippen MR) is 122 cm³/mol. The molecule has 2 aliphatic rings. The smallest absolute Gasteiger partial charge is 0.410 e. The highest BCUT2D eigenvalue weighted by molar-refractivity contribution is 6.30. The molecule has 1 N–H and O–H groups in total. The summed E-state index contributed by atoms with van der Waals surface area (Å²) in [5.74, 6) is -0.0755. The minimum absolute atomic E-state index is 0.0755. The fourth-order valence-corrected chi connectivity index (χ4v) is 4.55. The Labute approximate surface area is 187 Å². The highest BCUT2D eigenvalue weighted by Crippen LogP contribution is 2.45. The standard InChI is InChI=1S/C24H26ClN3O3/c1-4-31-24(30)28-11-10-18-19-13-17(25)8-9-21(19)26-14-20(18)22(28)15-6-5-7-16(12-15)23(29)27(2)3/h5-9,12-13,22,26H,4,10-11,14H2,1-3H3. The zero-order valence-corrected chi connectivity index (χ0v) is 18.7. The first-order chi connectivity index (χ1) is 14.9. The highest BCUT2D eigenvalue weighted by atomic mass is 35.5. The summed E-state index contributed by atoms with van der Waals surface area (Å²) in [5.41, 5.74) is 5.90. The molecule has 0 saturated carbocycles. The molecule has 0 aromatic heterocycles. The van der Waals surface area contributed by atoms with Gasteiger partial charge in [-0.1, -0.05) is 23.7 Å². The summed E-state index contributed by atoms with van der Waals surface area (Å²) in [7, 11) is 3.46. The number of hydrogen-bond acceptors (Lipinski definition) is 4. The first-order valence-electron chi connectivity index (χ1n) is 10.4. The Hall–Kier alpha value is -2.99. The Bertz CT molecular complexity index is 1060. The Morgan fingerprint density at radius 2 is 2.03 bits per heavy atom. The summed E-state index contributed by atoms with van der Waals surface area (Å²) in [5, 5.41) is 4.14. The van der Waals surface area contributed by atoms with Gasteiger partial charge in [0.15, 0.2) is 0 Å². The normalized spacial score (nSPS) is 17.4. The molecule has 0 fully saturated rings. The molecule has 1 unspecified atom stereocenters. The van der Waals surface area contributed by atoms with E-state index in [4.69, 9.17) is 16.3 Å². The molecule has 2 heterocycles. The van der Waals surface area contributed by atoms with Crippen LogP contribution in [0, 0.1) is 0 Å². The van der Waals surface area contributed by atoms with Gasteiger partial charge in [-0.05, 0) is 60.4 Å².